The first-order valence-electron chi connectivity index (χ1n) is 4.84. The third-order valence-electron chi connectivity index (χ3n) is 1.97. The number of thioether (sulfide) groups is 1. The maximum atomic E-state index is 4.39. The van der Waals surface area contributed by atoms with E-state index in [0.29, 0.717) is 0 Å². The summed E-state index contributed by atoms with van der Waals surface area (Å²) in [6.45, 7) is 2.76. The van der Waals surface area contributed by atoms with Crippen molar-refractivity contribution >= 4 is 16.9 Å². The van der Waals surface area contributed by atoms with Crippen LogP contribution in [0.5, 0.6) is 0 Å². The van der Waals surface area contributed by atoms with E-state index in [9.17, 15) is 0 Å². The number of rotatable bonds is 3. The summed E-state index contributed by atoms with van der Waals surface area (Å²) in [5, 5.41) is 8.53. The van der Waals surface area contributed by atoms with Crippen LogP contribution in [0, 0.1) is 0 Å². The number of nitrogens with one attached hydrogen (secondary N) is 1. The van der Waals surface area contributed by atoms with Gasteiger partial charge in [0.15, 0.2) is 5.17 Å². The summed E-state index contributed by atoms with van der Waals surface area (Å²) in [6, 6.07) is 1.94. The van der Waals surface area contributed by atoms with Crippen LogP contribution in [0.3, 0.4) is 0 Å². The molecule has 14 heavy (non-hydrogen) atoms. The lowest BCUT2D eigenvalue weighted by Gasteiger charge is -2.12. The molecule has 4 nitrogen and oxygen atoms in total. The zero-order valence-electron chi connectivity index (χ0n) is 8.02. The SMILES string of the molecule is c1cnn(CCNC2=NCCCS2)c1. The van der Waals surface area contributed by atoms with E-state index in [1.165, 1.54) is 12.2 Å². The van der Waals surface area contributed by atoms with E-state index >= 15 is 0 Å². The van der Waals surface area contributed by atoms with Crippen molar-refractivity contribution in [2.24, 2.45) is 4.99 Å². The first-order valence-corrected chi connectivity index (χ1v) is 5.82. The first-order chi connectivity index (χ1) is 6.95. The monoisotopic (exact) mass is 210 g/mol. The van der Waals surface area contributed by atoms with Gasteiger partial charge in [0.25, 0.3) is 0 Å². The van der Waals surface area contributed by atoms with Crippen molar-refractivity contribution in [2.75, 3.05) is 18.8 Å². The molecule has 1 aromatic heterocycles. The molecule has 0 aromatic carbocycles. The minimum atomic E-state index is 0.895. The van der Waals surface area contributed by atoms with Crippen LogP contribution in [0.4, 0.5) is 0 Å². The van der Waals surface area contributed by atoms with Crippen molar-refractivity contribution in [3.8, 4) is 0 Å². The lowest BCUT2D eigenvalue weighted by atomic mass is 10.5. The molecular formula is C9H14N4S. The van der Waals surface area contributed by atoms with Gasteiger partial charge in [-0.25, -0.2) is 0 Å². The molecule has 0 radical (unpaired) electrons. The van der Waals surface area contributed by atoms with Crippen LogP contribution >= 0.6 is 11.8 Å². The molecule has 1 aliphatic heterocycles. The number of nitrogens with zero attached hydrogens (tertiary/aromatic N) is 3. The van der Waals surface area contributed by atoms with Gasteiger partial charge in [0.05, 0.1) is 6.54 Å². The maximum Gasteiger partial charge on any atom is 0.156 e. The van der Waals surface area contributed by atoms with E-state index in [0.717, 1.165) is 24.8 Å². The topological polar surface area (TPSA) is 42.2 Å². The molecule has 0 amide bonds. The summed E-state index contributed by atoms with van der Waals surface area (Å²) in [5.41, 5.74) is 0. The van der Waals surface area contributed by atoms with E-state index < -0.39 is 0 Å². The number of hydrogen-bond donors (Lipinski definition) is 1. The number of aromatic nitrogens is 2. The van der Waals surface area contributed by atoms with Crippen molar-refractivity contribution in [3.63, 3.8) is 0 Å². The molecule has 1 N–H and O–H groups in total. The van der Waals surface area contributed by atoms with Crippen LogP contribution < -0.4 is 5.32 Å². The van der Waals surface area contributed by atoms with Gasteiger partial charge in [-0.3, -0.25) is 9.67 Å². The standard InChI is InChI=1S/C9H14N4S/c1-4-12-13(6-1)7-5-11-9-10-3-2-8-14-9/h1,4,6H,2-3,5,7-8H2,(H,10,11). The minimum absolute atomic E-state index is 0.895. The number of amidine groups is 1. The lowest BCUT2D eigenvalue weighted by molar-refractivity contribution is 0.604. The first kappa shape index (κ1) is 9.58. The highest BCUT2D eigenvalue weighted by atomic mass is 32.2. The quantitative estimate of drug-likeness (QED) is 0.808. The molecule has 0 fully saturated rings. The van der Waals surface area contributed by atoms with Gasteiger partial charge in [-0.1, -0.05) is 11.8 Å². The molecule has 0 unspecified atom stereocenters. The Kier molecular flexibility index (Phi) is 3.45. The van der Waals surface area contributed by atoms with Gasteiger partial charge in [-0.2, -0.15) is 5.10 Å². The van der Waals surface area contributed by atoms with Crippen molar-refractivity contribution in [3.05, 3.63) is 18.5 Å². The Bertz CT molecular complexity index is 294. The predicted octanol–water partition coefficient (Wildman–Crippen LogP) is 0.966. The largest absolute Gasteiger partial charge is 0.363 e. The Morgan fingerprint density at radius 1 is 1.57 bits per heavy atom. The Morgan fingerprint density at radius 2 is 2.57 bits per heavy atom. The summed E-state index contributed by atoms with van der Waals surface area (Å²) in [5.74, 6) is 1.19. The molecule has 5 heteroatoms. The lowest BCUT2D eigenvalue weighted by Crippen LogP contribution is -2.27. The molecule has 0 spiro atoms. The molecule has 76 valence electrons. The Hall–Kier alpha value is -0.970. The second-order valence-corrected chi connectivity index (χ2v) is 4.17. The summed E-state index contributed by atoms with van der Waals surface area (Å²) in [6.07, 6.45) is 4.97. The summed E-state index contributed by atoms with van der Waals surface area (Å²) in [7, 11) is 0. The fourth-order valence-electron chi connectivity index (χ4n) is 1.28. The van der Waals surface area contributed by atoms with Gasteiger partial charge in [-0.15, -0.1) is 0 Å². The summed E-state index contributed by atoms with van der Waals surface area (Å²) < 4.78 is 1.92. The van der Waals surface area contributed by atoms with Gasteiger partial charge in [0, 0.05) is 31.2 Å². The van der Waals surface area contributed by atoms with Gasteiger partial charge in [0.1, 0.15) is 0 Å². The average molecular weight is 210 g/mol. The molecule has 2 heterocycles. The zero-order chi connectivity index (χ0) is 9.64. The van der Waals surface area contributed by atoms with Crippen LogP contribution in [0.15, 0.2) is 23.5 Å². The van der Waals surface area contributed by atoms with Gasteiger partial charge < -0.3 is 5.32 Å². The fraction of sp³-hybridized carbons (Fsp3) is 0.556. The third kappa shape index (κ3) is 2.77. The highest BCUT2D eigenvalue weighted by molar-refractivity contribution is 8.13. The fourth-order valence-corrected chi connectivity index (χ4v) is 2.13. The minimum Gasteiger partial charge on any atom is -0.363 e. The van der Waals surface area contributed by atoms with Gasteiger partial charge in [0.2, 0.25) is 0 Å². The van der Waals surface area contributed by atoms with Crippen LogP contribution in [0.25, 0.3) is 0 Å². The Labute approximate surface area is 87.8 Å². The van der Waals surface area contributed by atoms with Crippen LogP contribution in [-0.4, -0.2) is 33.8 Å². The molecule has 1 aromatic rings. The highest BCUT2D eigenvalue weighted by Crippen LogP contribution is 2.09. The van der Waals surface area contributed by atoms with Crippen LogP contribution in [0.2, 0.25) is 0 Å². The van der Waals surface area contributed by atoms with Crippen LogP contribution in [-0.2, 0) is 6.54 Å². The Balaban J connectivity index is 1.70. The molecular weight excluding hydrogens is 196 g/mol. The number of hydrogen-bond acceptors (Lipinski definition) is 4. The van der Waals surface area contributed by atoms with Crippen molar-refractivity contribution < 1.29 is 0 Å². The smallest absolute Gasteiger partial charge is 0.156 e. The summed E-state index contributed by atoms with van der Waals surface area (Å²) >= 11 is 1.81. The Morgan fingerprint density at radius 3 is 3.29 bits per heavy atom. The van der Waals surface area contributed by atoms with Gasteiger partial charge in [-0.05, 0) is 12.5 Å². The van der Waals surface area contributed by atoms with E-state index in [-0.39, 0.29) is 0 Å². The molecule has 0 saturated heterocycles. The molecule has 1 aliphatic rings. The normalized spacial score (nSPS) is 16.4. The maximum absolute atomic E-state index is 4.39. The molecule has 0 atom stereocenters. The third-order valence-corrected chi connectivity index (χ3v) is 3.01. The predicted molar refractivity (Wildman–Crippen MR) is 59.6 cm³/mol. The number of aliphatic imine (C=N–C) groups is 1. The van der Waals surface area contributed by atoms with Crippen LogP contribution in [0.1, 0.15) is 6.42 Å². The van der Waals surface area contributed by atoms with E-state index in [4.69, 9.17) is 0 Å². The highest BCUT2D eigenvalue weighted by Gasteiger charge is 2.03. The molecule has 2 rings (SSSR count). The van der Waals surface area contributed by atoms with E-state index in [1.54, 1.807) is 6.20 Å². The van der Waals surface area contributed by atoms with Crippen molar-refractivity contribution in [1.82, 2.24) is 15.1 Å². The van der Waals surface area contributed by atoms with E-state index in [1.807, 2.05) is 28.7 Å². The molecule has 0 aliphatic carbocycles. The second kappa shape index (κ2) is 5.05. The average Bonchev–Trinajstić information content (AvgIpc) is 2.72. The zero-order valence-corrected chi connectivity index (χ0v) is 8.83. The van der Waals surface area contributed by atoms with E-state index in [2.05, 4.69) is 15.4 Å². The second-order valence-electron chi connectivity index (χ2n) is 3.08. The van der Waals surface area contributed by atoms with Gasteiger partial charge >= 0.3 is 0 Å². The van der Waals surface area contributed by atoms with Crippen molar-refractivity contribution in [2.45, 2.75) is 13.0 Å². The summed E-state index contributed by atoms with van der Waals surface area (Å²) in [4.78, 5) is 4.39. The molecule has 0 bridgehead atoms. The molecule has 0 saturated carbocycles. The van der Waals surface area contributed by atoms with Crippen molar-refractivity contribution in [1.29, 1.82) is 0 Å².